The molecule has 2 amide bonds. The number of nitrogens with zero attached hydrogens (tertiary/aromatic N) is 4. The highest BCUT2D eigenvalue weighted by molar-refractivity contribution is 5.92. The van der Waals surface area contributed by atoms with E-state index in [0.29, 0.717) is 36.0 Å². The topological polar surface area (TPSA) is 96.2 Å². The fourth-order valence-corrected chi connectivity index (χ4v) is 4.83. The lowest BCUT2D eigenvalue weighted by atomic mass is 9.97. The van der Waals surface area contributed by atoms with Crippen LogP contribution >= 0.6 is 0 Å². The molecule has 32 heavy (non-hydrogen) atoms. The molecule has 2 saturated heterocycles. The number of hydrogen-bond donors (Lipinski definition) is 2. The summed E-state index contributed by atoms with van der Waals surface area (Å²) in [5, 5.41) is 7.55. The van der Waals surface area contributed by atoms with Crippen LogP contribution in [0.5, 0.6) is 0 Å². The standard InChI is InChI=1S/C22H24F2N6O2/c1-12-25-10-19(32-12)18-4-13-5-21(28-9-14(13)8-27-18)29-22(31)30-16-2-3-17(30)7-15(6-16)26-11-20(23)24/h4-5,8-10,15-17,20,26H,2-3,6-7,11H2,1H3,(H,28,29,31)/t15?,16-,17+. The lowest BCUT2D eigenvalue weighted by Crippen LogP contribution is -2.53. The van der Waals surface area contributed by atoms with Crippen LogP contribution in [-0.2, 0) is 0 Å². The number of nitrogens with one attached hydrogen (secondary N) is 2. The van der Waals surface area contributed by atoms with Crippen LogP contribution in [0.3, 0.4) is 0 Å². The average molecular weight is 442 g/mol. The highest BCUT2D eigenvalue weighted by Gasteiger charge is 2.43. The van der Waals surface area contributed by atoms with Crippen molar-refractivity contribution in [1.82, 2.24) is 25.2 Å². The van der Waals surface area contributed by atoms with Crippen LogP contribution in [-0.4, -0.2) is 57.0 Å². The Morgan fingerprint density at radius 3 is 2.56 bits per heavy atom. The Morgan fingerprint density at radius 2 is 1.88 bits per heavy atom. The van der Waals surface area contributed by atoms with Gasteiger partial charge in [-0.2, -0.15) is 0 Å². The number of aromatic nitrogens is 3. The summed E-state index contributed by atoms with van der Waals surface area (Å²) in [6.07, 6.45) is 5.80. The van der Waals surface area contributed by atoms with E-state index in [1.165, 1.54) is 0 Å². The Kier molecular flexibility index (Phi) is 5.46. The predicted molar refractivity (Wildman–Crippen MR) is 114 cm³/mol. The first-order valence-electron chi connectivity index (χ1n) is 10.8. The summed E-state index contributed by atoms with van der Waals surface area (Å²) in [5.41, 5.74) is 0.651. The van der Waals surface area contributed by atoms with Gasteiger partial charge in [-0.05, 0) is 43.2 Å². The molecule has 2 aliphatic rings. The van der Waals surface area contributed by atoms with E-state index in [1.807, 2.05) is 11.0 Å². The van der Waals surface area contributed by atoms with Gasteiger partial charge >= 0.3 is 6.03 Å². The van der Waals surface area contributed by atoms with Crippen molar-refractivity contribution in [3.05, 3.63) is 36.6 Å². The first-order chi connectivity index (χ1) is 15.5. The van der Waals surface area contributed by atoms with Crippen LogP contribution in [0.4, 0.5) is 19.4 Å². The number of halogens is 2. The molecule has 2 N–H and O–H groups in total. The van der Waals surface area contributed by atoms with Crippen molar-refractivity contribution in [2.24, 2.45) is 0 Å². The van der Waals surface area contributed by atoms with E-state index in [-0.39, 0.29) is 30.7 Å². The Balaban J connectivity index is 1.29. The van der Waals surface area contributed by atoms with E-state index in [2.05, 4.69) is 25.6 Å². The number of carbonyl (C=O) groups is 1. The molecule has 3 aromatic heterocycles. The Hall–Kier alpha value is -3.14. The molecule has 5 heterocycles. The van der Waals surface area contributed by atoms with Gasteiger partial charge in [0.1, 0.15) is 11.5 Å². The number of hydrogen-bond acceptors (Lipinski definition) is 6. The third-order valence-corrected chi connectivity index (χ3v) is 6.24. The predicted octanol–water partition coefficient (Wildman–Crippen LogP) is 3.98. The van der Waals surface area contributed by atoms with Crippen LogP contribution in [0.15, 0.2) is 35.1 Å². The molecule has 0 aliphatic carbocycles. The molecule has 8 nitrogen and oxygen atoms in total. The molecule has 2 fully saturated rings. The third-order valence-electron chi connectivity index (χ3n) is 6.24. The first kappa shape index (κ1) is 20.7. The molecule has 0 spiro atoms. The van der Waals surface area contributed by atoms with Crippen molar-refractivity contribution in [3.8, 4) is 11.5 Å². The van der Waals surface area contributed by atoms with Gasteiger partial charge < -0.3 is 14.6 Å². The van der Waals surface area contributed by atoms with Gasteiger partial charge in [-0.15, -0.1) is 0 Å². The molecule has 0 radical (unpaired) electrons. The van der Waals surface area contributed by atoms with Crippen LogP contribution in [0, 0.1) is 6.92 Å². The van der Waals surface area contributed by atoms with Gasteiger partial charge in [0.25, 0.3) is 6.43 Å². The SMILES string of the molecule is Cc1ncc(-c2cc3cc(NC(=O)N4[C@@H]5CC[C@H]4CC(NCC(F)F)C5)ncc3cn2)o1. The summed E-state index contributed by atoms with van der Waals surface area (Å²) in [6, 6.07) is 3.60. The average Bonchev–Trinajstić information content (AvgIpc) is 3.32. The zero-order chi connectivity index (χ0) is 22.2. The van der Waals surface area contributed by atoms with Gasteiger partial charge in [-0.1, -0.05) is 0 Å². The fraction of sp³-hybridized carbons (Fsp3) is 0.455. The van der Waals surface area contributed by atoms with E-state index in [9.17, 15) is 13.6 Å². The van der Waals surface area contributed by atoms with E-state index >= 15 is 0 Å². The molecule has 10 heteroatoms. The van der Waals surface area contributed by atoms with Gasteiger partial charge in [-0.25, -0.2) is 23.5 Å². The lowest BCUT2D eigenvalue weighted by molar-refractivity contribution is 0.115. The number of fused-ring (bicyclic) bond motifs is 3. The van der Waals surface area contributed by atoms with Crippen LogP contribution < -0.4 is 10.6 Å². The summed E-state index contributed by atoms with van der Waals surface area (Å²) in [5.74, 6) is 1.59. The second-order valence-corrected chi connectivity index (χ2v) is 8.42. The summed E-state index contributed by atoms with van der Waals surface area (Å²) >= 11 is 0. The largest absolute Gasteiger partial charge is 0.439 e. The van der Waals surface area contributed by atoms with Gasteiger partial charge in [0.2, 0.25) is 0 Å². The number of rotatable bonds is 5. The number of amides is 2. The Bertz CT molecular complexity index is 1120. The third kappa shape index (κ3) is 4.14. The number of aryl methyl sites for hydroxylation is 1. The number of pyridine rings is 2. The van der Waals surface area contributed by atoms with Crippen LogP contribution in [0.25, 0.3) is 22.2 Å². The molecule has 1 unspecified atom stereocenters. The molecule has 2 bridgehead atoms. The maximum Gasteiger partial charge on any atom is 0.323 e. The van der Waals surface area contributed by atoms with Gasteiger partial charge in [-0.3, -0.25) is 10.3 Å². The summed E-state index contributed by atoms with van der Waals surface area (Å²) < 4.78 is 30.6. The molecule has 3 aromatic rings. The van der Waals surface area contributed by atoms with E-state index in [1.54, 1.807) is 31.6 Å². The highest BCUT2D eigenvalue weighted by Crippen LogP contribution is 2.36. The molecule has 5 rings (SSSR count). The molecular formula is C22H24F2N6O2. The van der Waals surface area contributed by atoms with Crippen molar-refractivity contribution in [2.45, 2.75) is 57.2 Å². The summed E-state index contributed by atoms with van der Waals surface area (Å²) in [4.78, 5) is 27.7. The van der Waals surface area contributed by atoms with Gasteiger partial charge in [0.05, 0.1) is 12.7 Å². The second-order valence-electron chi connectivity index (χ2n) is 8.42. The fourth-order valence-electron chi connectivity index (χ4n) is 4.83. The van der Waals surface area contributed by atoms with Crippen LogP contribution in [0.1, 0.15) is 31.6 Å². The van der Waals surface area contributed by atoms with Crippen molar-refractivity contribution < 1.29 is 18.0 Å². The molecule has 0 aromatic carbocycles. The molecule has 2 aliphatic heterocycles. The zero-order valence-electron chi connectivity index (χ0n) is 17.6. The minimum Gasteiger partial charge on any atom is -0.439 e. The van der Waals surface area contributed by atoms with Crippen molar-refractivity contribution in [1.29, 1.82) is 0 Å². The van der Waals surface area contributed by atoms with Crippen molar-refractivity contribution >= 4 is 22.6 Å². The molecule has 168 valence electrons. The van der Waals surface area contributed by atoms with Crippen LogP contribution in [0.2, 0.25) is 0 Å². The first-order valence-corrected chi connectivity index (χ1v) is 10.8. The molecule has 0 saturated carbocycles. The smallest absolute Gasteiger partial charge is 0.323 e. The minimum atomic E-state index is -2.36. The van der Waals surface area contributed by atoms with E-state index in [4.69, 9.17) is 4.42 Å². The van der Waals surface area contributed by atoms with Gasteiger partial charge in [0, 0.05) is 42.8 Å². The summed E-state index contributed by atoms with van der Waals surface area (Å²) in [7, 11) is 0. The number of oxazole rings is 1. The molecular weight excluding hydrogens is 418 g/mol. The quantitative estimate of drug-likeness (QED) is 0.621. The lowest BCUT2D eigenvalue weighted by Gasteiger charge is -2.39. The second kappa shape index (κ2) is 8.42. The number of urea groups is 1. The zero-order valence-corrected chi connectivity index (χ0v) is 17.6. The summed E-state index contributed by atoms with van der Waals surface area (Å²) in [6.45, 7) is 1.47. The number of piperidine rings is 1. The Labute approximate surface area is 183 Å². The van der Waals surface area contributed by atoms with E-state index in [0.717, 1.165) is 23.6 Å². The number of alkyl halides is 2. The molecule has 3 atom stereocenters. The number of carbonyl (C=O) groups excluding carboxylic acids is 1. The maximum atomic E-state index is 13.0. The monoisotopic (exact) mass is 442 g/mol. The van der Waals surface area contributed by atoms with Crippen molar-refractivity contribution in [3.63, 3.8) is 0 Å². The normalized spacial score (nSPS) is 22.6. The van der Waals surface area contributed by atoms with Crippen molar-refractivity contribution in [2.75, 3.05) is 11.9 Å². The minimum absolute atomic E-state index is 0.0231. The maximum absolute atomic E-state index is 13.0. The number of anilines is 1. The highest BCUT2D eigenvalue weighted by atomic mass is 19.3. The Morgan fingerprint density at radius 1 is 1.12 bits per heavy atom. The van der Waals surface area contributed by atoms with E-state index < -0.39 is 6.43 Å². The van der Waals surface area contributed by atoms with Gasteiger partial charge in [0.15, 0.2) is 11.7 Å².